The van der Waals surface area contributed by atoms with Crippen molar-refractivity contribution >= 4 is 37.8 Å². The van der Waals surface area contributed by atoms with Gasteiger partial charge in [-0.1, -0.05) is 44.2 Å². The second-order valence-electron chi connectivity index (χ2n) is 9.63. The number of hydrogen-bond acceptors (Lipinski definition) is 6. The van der Waals surface area contributed by atoms with Gasteiger partial charge in [-0.15, -0.1) is 11.3 Å². The SMILES string of the molecule is CC1(C)CC(=O)c2sc(N3CCOCC3)c(-c3cccc(NS(=O)(=O)c4ccccc4)c3)c2C1. The van der Waals surface area contributed by atoms with Crippen LogP contribution in [-0.4, -0.2) is 40.5 Å². The van der Waals surface area contributed by atoms with Crippen molar-refractivity contribution in [2.24, 2.45) is 5.41 Å². The number of benzene rings is 2. The molecule has 0 spiro atoms. The lowest BCUT2D eigenvalue weighted by molar-refractivity contribution is 0.0918. The Morgan fingerprint density at radius 3 is 2.47 bits per heavy atom. The number of Topliss-reactive ketones (excluding diaryl/α,β-unsaturated/α-hetero) is 1. The molecule has 0 saturated carbocycles. The molecule has 0 radical (unpaired) electrons. The summed E-state index contributed by atoms with van der Waals surface area (Å²) in [5.74, 6) is 0.193. The number of morpholine rings is 1. The number of sulfonamides is 1. The molecule has 0 amide bonds. The van der Waals surface area contributed by atoms with Crippen molar-refractivity contribution in [1.29, 1.82) is 0 Å². The first kappa shape index (κ1) is 23.1. The van der Waals surface area contributed by atoms with Crippen LogP contribution in [0.5, 0.6) is 0 Å². The highest BCUT2D eigenvalue weighted by atomic mass is 32.2. The number of ketones is 1. The number of hydrogen-bond donors (Lipinski definition) is 1. The first-order chi connectivity index (χ1) is 16.2. The molecule has 0 bridgehead atoms. The third-order valence-electron chi connectivity index (χ3n) is 6.29. The molecule has 1 fully saturated rings. The summed E-state index contributed by atoms with van der Waals surface area (Å²) in [5.41, 5.74) is 3.42. The van der Waals surface area contributed by atoms with Gasteiger partial charge in [-0.25, -0.2) is 8.42 Å². The average Bonchev–Trinajstić information content (AvgIpc) is 3.19. The van der Waals surface area contributed by atoms with Gasteiger partial charge in [0.2, 0.25) is 0 Å². The number of thiophene rings is 1. The molecule has 1 aromatic heterocycles. The Kier molecular flexibility index (Phi) is 6.00. The average molecular weight is 497 g/mol. The number of carbonyl (C=O) groups excluding carboxylic acids is 1. The molecule has 1 aliphatic heterocycles. The number of rotatable bonds is 5. The van der Waals surface area contributed by atoms with Gasteiger partial charge in [0.05, 0.1) is 28.0 Å². The molecular weight excluding hydrogens is 468 g/mol. The molecule has 2 aromatic carbocycles. The fourth-order valence-corrected chi connectivity index (χ4v) is 7.14. The van der Waals surface area contributed by atoms with E-state index in [1.54, 1.807) is 47.7 Å². The standard InChI is InChI=1S/C26H28N2O4S2/c1-26(2)16-21-23(25(28-11-13-32-14-12-28)33-24(21)22(29)17-26)18-7-6-8-19(15-18)27-34(30,31)20-9-4-3-5-10-20/h3-10,15,27H,11-14,16-17H2,1-2H3. The fraction of sp³-hybridized carbons (Fsp3) is 0.346. The summed E-state index contributed by atoms with van der Waals surface area (Å²) in [5, 5.41) is 1.07. The molecular formula is C26H28N2O4S2. The number of nitrogens with zero attached hydrogens (tertiary/aromatic N) is 1. The van der Waals surface area contributed by atoms with Gasteiger partial charge in [0.15, 0.2) is 5.78 Å². The highest BCUT2D eigenvalue weighted by molar-refractivity contribution is 7.92. The van der Waals surface area contributed by atoms with E-state index in [0.717, 1.165) is 46.1 Å². The summed E-state index contributed by atoms with van der Waals surface area (Å²) in [7, 11) is -3.70. The largest absolute Gasteiger partial charge is 0.378 e. The van der Waals surface area contributed by atoms with Crippen LogP contribution in [0, 0.1) is 5.41 Å². The maximum atomic E-state index is 13.1. The normalized spacial score (nSPS) is 17.9. The number of carbonyl (C=O) groups is 1. The predicted octanol–water partition coefficient (Wildman–Crippen LogP) is 5.21. The molecule has 1 saturated heterocycles. The summed E-state index contributed by atoms with van der Waals surface area (Å²) >= 11 is 1.57. The third kappa shape index (κ3) is 4.50. The zero-order valence-electron chi connectivity index (χ0n) is 19.3. The van der Waals surface area contributed by atoms with Crippen molar-refractivity contribution in [3.63, 3.8) is 0 Å². The van der Waals surface area contributed by atoms with Crippen molar-refractivity contribution in [2.75, 3.05) is 35.9 Å². The quantitative estimate of drug-likeness (QED) is 0.525. The van der Waals surface area contributed by atoms with Gasteiger partial charge in [0, 0.05) is 30.8 Å². The molecule has 0 atom stereocenters. The van der Waals surface area contributed by atoms with Crippen LogP contribution in [0.15, 0.2) is 59.5 Å². The maximum Gasteiger partial charge on any atom is 0.261 e. The molecule has 178 valence electrons. The Hall–Kier alpha value is -2.68. The summed E-state index contributed by atoms with van der Waals surface area (Å²) in [6, 6.07) is 15.8. The van der Waals surface area contributed by atoms with Crippen molar-refractivity contribution in [1.82, 2.24) is 0 Å². The minimum atomic E-state index is -3.70. The highest BCUT2D eigenvalue weighted by Crippen LogP contribution is 2.49. The maximum absolute atomic E-state index is 13.1. The van der Waals surface area contributed by atoms with Crippen LogP contribution >= 0.6 is 11.3 Å². The number of fused-ring (bicyclic) bond motifs is 1. The Morgan fingerprint density at radius 2 is 1.74 bits per heavy atom. The smallest absolute Gasteiger partial charge is 0.261 e. The Balaban J connectivity index is 1.59. The lowest BCUT2D eigenvalue weighted by Crippen LogP contribution is -2.36. The van der Waals surface area contributed by atoms with E-state index in [4.69, 9.17) is 4.74 Å². The molecule has 3 aromatic rings. The Labute approximate surface area is 204 Å². The number of ether oxygens (including phenoxy) is 1. The summed E-state index contributed by atoms with van der Waals surface area (Å²) in [6.45, 7) is 7.10. The number of nitrogens with one attached hydrogen (secondary N) is 1. The van der Waals surface area contributed by atoms with Crippen LogP contribution in [0.3, 0.4) is 0 Å². The topological polar surface area (TPSA) is 75.7 Å². The molecule has 2 aliphatic rings. The van der Waals surface area contributed by atoms with Gasteiger partial charge >= 0.3 is 0 Å². The molecule has 34 heavy (non-hydrogen) atoms. The highest BCUT2D eigenvalue weighted by Gasteiger charge is 2.37. The molecule has 1 N–H and O–H groups in total. The molecule has 1 aliphatic carbocycles. The van der Waals surface area contributed by atoms with E-state index in [2.05, 4.69) is 23.5 Å². The molecule has 0 unspecified atom stereocenters. The van der Waals surface area contributed by atoms with Crippen molar-refractivity contribution in [2.45, 2.75) is 31.6 Å². The van der Waals surface area contributed by atoms with Crippen LogP contribution in [0.4, 0.5) is 10.7 Å². The van der Waals surface area contributed by atoms with Crippen LogP contribution in [-0.2, 0) is 21.2 Å². The summed E-state index contributed by atoms with van der Waals surface area (Å²) in [6.07, 6.45) is 1.35. The molecule has 6 nitrogen and oxygen atoms in total. The van der Waals surface area contributed by atoms with E-state index in [-0.39, 0.29) is 16.1 Å². The zero-order valence-corrected chi connectivity index (χ0v) is 21.0. The molecule has 8 heteroatoms. The lowest BCUT2D eigenvalue weighted by Gasteiger charge is -2.30. The zero-order chi connectivity index (χ0) is 23.9. The van der Waals surface area contributed by atoms with E-state index in [1.165, 1.54) is 0 Å². The van der Waals surface area contributed by atoms with E-state index >= 15 is 0 Å². The Bertz CT molecular complexity index is 1320. The van der Waals surface area contributed by atoms with Gasteiger partial charge in [-0.2, -0.15) is 0 Å². The second kappa shape index (κ2) is 8.83. The Morgan fingerprint density at radius 1 is 1.00 bits per heavy atom. The molecule has 2 heterocycles. The number of anilines is 2. The summed E-state index contributed by atoms with van der Waals surface area (Å²) in [4.78, 5) is 16.4. The third-order valence-corrected chi connectivity index (χ3v) is 9.02. The van der Waals surface area contributed by atoms with Crippen LogP contribution in [0.1, 0.15) is 35.5 Å². The van der Waals surface area contributed by atoms with Gasteiger partial charge < -0.3 is 9.64 Å². The molecule has 5 rings (SSSR count). The van der Waals surface area contributed by atoms with E-state index in [9.17, 15) is 13.2 Å². The van der Waals surface area contributed by atoms with Crippen molar-refractivity contribution in [3.05, 3.63) is 65.0 Å². The van der Waals surface area contributed by atoms with Gasteiger partial charge in [-0.05, 0) is 47.2 Å². The van der Waals surface area contributed by atoms with E-state index in [0.29, 0.717) is 25.3 Å². The van der Waals surface area contributed by atoms with Crippen molar-refractivity contribution in [3.8, 4) is 11.1 Å². The van der Waals surface area contributed by atoms with Gasteiger partial charge in [0.1, 0.15) is 0 Å². The predicted molar refractivity (Wildman–Crippen MR) is 136 cm³/mol. The van der Waals surface area contributed by atoms with Crippen LogP contribution in [0.2, 0.25) is 0 Å². The van der Waals surface area contributed by atoms with Crippen molar-refractivity contribution < 1.29 is 17.9 Å². The minimum Gasteiger partial charge on any atom is -0.378 e. The van der Waals surface area contributed by atoms with E-state index < -0.39 is 10.0 Å². The van der Waals surface area contributed by atoms with Gasteiger partial charge in [-0.3, -0.25) is 9.52 Å². The first-order valence-electron chi connectivity index (χ1n) is 11.4. The van der Waals surface area contributed by atoms with Crippen LogP contribution in [0.25, 0.3) is 11.1 Å². The van der Waals surface area contributed by atoms with Crippen LogP contribution < -0.4 is 9.62 Å². The second-order valence-corrected chi connectivity index (χ2v) is 12.3. The minimum absolute atomic E-state index is 0.116. The monoisotopic (exact) mass is 496 g/mol. The van der Waals surface area contributed by atoms with Gasteiger partial charge in [0.25, 0.3) is 10.0 Å². The fourth-order valence-electron chi connectivity index (χ4n) is 4.74. The lowest BCUT2D eigenvalue weighted by atomic mass is 9.75. The first-order valence-corrected chi connectivity index (χ1v) is 13.7. The summed E-state index contributed by atoms with van der Waals surface area (Å²) < 4.78 is 34.1. The van der Waals surface area contributed by atoms with E-state index in [1.807, 2.05) is 18.2 Å².